The van der Waals surface area contributed by atoms with Crippen molar-refractivity contribution in [2.24, 2.45) is 0 Å². The van der Waals surface area contributed by atoms with Gasteiger partial charge in [0.1, 0.15) is 0 Å². The number of non-ortho nitro benzene ring substituents is 1. The summed E-state index contributed by atoms with van der Waals surface area (Å²) in [6.07, 6.45) is 2.09. The first-order valence-corrected chi connectivity index (χ1v) is 8.18. The molecule has 2 heterocycles. The van der Waals surface area contributed by atoms with Gasteiger partial charge in [0.15, 0.2) is 0 Å². The number of rotatable bonds is 3. The predicted molar refractivity (Wildman–Crippen MR) is 92.5 cm³/mol. The Kier molecular flexibility index (Phi) is 4.31. The fraction of sp³-hybridized carbons (Fsp3) is 0.412. The molecule has 3 rings (SSSR count). The van der Waals surface area contributed by atoms with Gasteiger partial charge >= 0.3 is 0 Å². The standard InChI is InChI=1S/C17H20ClN3O2/c1-12-3-4-13(2)20(12)14-7-9-19(10-8-14)17-6-5-15(21(22)23)11-16(17)18/h3-6,11,14H,7-10H2,1-2H3. The number of anilines is 1. The van der Waals surface area contributed by atoms with E-state index in [-0.39, 0.29) is 5.69 Å². The third-order valence-electron chi connectivity index (χ3n) is 4.64. The molecule has 0 atom stereocenters. The van der Waals surface area contributed by atoms with Crippen molar-refractivity contribution in [3.8, 4) is 0 Å². The molecule has 23 heavy (non-hydrogen) atoms. The van der Waals surface area contributed by atoms with Gasteiger partial charge in [-0.1, -0.05) is 11.6 Å². The number of piperidine rings is 1. The average molecular weight is 334 g/mol. The van der Waals surface area contributed by atoms with E-state index in [1.165, 1.54) is 23.5 Å². The summed E-state index contributed by atoms with van der Waals surface area (Å²) >= 11 is 6.24. The predicted octanol–water partition coefficient (Wildman–Crippen LogP) is 4.51. The van der Waals surface area contributed by atoms with E-state index in [1.54, 1.807) is 6.07 Å². The Hall–Kier alpha value is -2.01. The first kappa shape index (κ1) is 15.9. The zero-order valence-corrected chi connectivity index (χ0v) is 14.1. The molecule has 0 saturated carbocycles. The molecule has 1 aromatic heterocycles. The van der Waals surface area contributed by atoms with Crippen molar-refractivity contribution in [1.82, 2.24) is 4.57 Å². The minimum absolute atomic E-state index is 0.0345. The number of nitrogens with zero attached hydrogens (tertiary/aromatic N) is 3. The second-order valence-corrected chi connectivity index (χ2v) is 6.50. The molecule has 1 fully saturated rings. The molecule has 0 spiro atoms. The third kappa shape index (κ3) is 3.06. The van der Waals surface area contributed by atoms with Crippen LogP contribution in [0.1, 0.15) is 30.3 Å². The molecule has 122 valence electrons. The summed E-state index contributed by atoms with van der Waals surface area (Å²) in [6, 6.07) is 9.55. The Bertz CT molecular complexity index is 714. The molecule has 0 N–H and O–H groups in total. The van der Waals surface area contributed by atoms with Gasteiger partial charge in [-0.05, 0) is 44.9 Å². The number of hydrogen-bond donors (Lipinski definition) is 0. The fourth-order valence-electron chi connectivity index (χ4n) is 3.49. The number of hydrogen-bond acceptors (Lipinski definition) is 3. The minimum atomic E-state index is -0.417. The van der Waals surface area contributed by atoms with E-state index in [1.807, 2.05) is 0 Å². The summed E-state index contributed by atoms with van der Waals surface area (Å²) in [5, 5.41) is 11.3. The van der Waals surface area contributed by atoms with Crippen molar-refractivity contribution in [3.63, 3.8) is 0 Å². The number of nitro benzene ring substituents is 1. The topological polar surface area (TPSA) is 51.3 Å². The monoisotopic (exact) mass is 333 g/mol. The van der Waals surface area contributed by atoms with Crippen molar-refractivity contribution in [3.05, 3.63) is 56.9 Å². The van der Waals surface area contributed by atoms with Gasteiger partial charge in [0, 0.05) is 42.7 Å². The van der Waals surface area contributed by atoms with Crippen LogP contribution in [0.3, 0.4) is 0 Å². The highest BCUT2D eigenvalue weighted by Gasteiger charge is 2.24. The van der Waals surface area contributed by atoms with Gasteiger partial charge in [-0.15, -0.1) is 0 Å². The lowest BCUT2D eigenvalue weighted by Gasteiger charge is -2.35. The van der Waals surface area contributed by atoms with Gasteiger partial charge in [-0.3, -0.25) is 10.1 Å². The number of benzene rings is 1. The van der Waals surface area contributed by atoms with E-state index in [9.17, 15) is 10.1 Å². The van der Waals surface area contributed by atoms with E-state index in [0.29, 0.717) is 11.1 Å². The van der Waals surface area contributed by atoms with Gasteiger partial charge in [0.05, 0.1) is 15.6 Å². The Morgan fingerprint density at radius 3 is 2.26 bits per heavy atom. The van der Waals surface area contributed by atoms with Gasteiger partial charge in [-0.25, -0.2) is 0 Å². The Morgan fingerprint density at radius 2 is 1.74 bits per heavy atom. The summed E-state index contributed by atoms with van der Waals surface area (Å²) in [5.41, 5.74) is 3.52. The van der Waals surface area contributed by atoms with Crippen molar-refractivity contribution < 1.29 is 4.92 Å². The zero-order valence-electron chi connectivity index (χ0n) is 13.3. The second-order valence-electron chi connectivity index (χ2n) is 6.10. The van der Waals surface area contributed by atoms with E-state index in [2.05, 4.69) is 35.4 Å². The maximum atomic E-state index is 10.8. The first-order chi connectivity index (χ1) is 11.0. The third-order valence-corrected chi connectivity index (χ3v) is 4.94. The second kappa shape index (κ2) is 6.24. The number of aryl methyl sites for hydroxylation is 2. The lowest BCUT2D eigenvalue weighted by molar-refractivity contribution is -0.384. The SMILES string of the molecule is Cc1ccc(C)n1C1CCN(c2ccc([N+](=O)[O-])cc2Cl)CC1. The van der Waals surface area contributed by atoms with E-state index in [4.69, 9.17) is 11.6 Å². The average Bonchev–Trinajstić information content (AvgIpc) is 2.86. The smallest absolute Gasteiger partial charge is 0.271 e. The molecule has 5 nitrogen and oxygen atoms in total. The molecule has 1 saturated heterocycles. The highest BCUT2D eigenvalue weighted by Crippen LogP contribution is 2.34. The van der Waals surface area contributed by atoms with Gasteiger partial charge in [0.25, 0.3) is 5.69 Å². The molecule has 2 aromatic rings. The van der Waals surface area contributed by atoms with Crippen LogP contribution in [-0.4, -0.2) is 22.6 Å². The largest absolute Gasteiger partial charge is 0.370 e. The van der Waals surface area contributed by atoms with Crippen molar-refractivity contribution in [1.29, 1.82) is 0 Å². The maximum absolute atomic E-state index is 10.8. The number of aromatic nitrogens is 1. The summed E-state index contributed by atoms with van der Waals surface area (Å²) in [5.74, 6) is 0. The lowest BCUT2D eigenvalue weighted by atomic mass is 10.0. The fourth-order valence-corrected chi connectivity index (χ4v) is 3.78. The maximum Gasteiger partial charge on any atom is 0.271 e. The van der Waals surface area contributed by atoms with Crippen LogP contribution in [0.25, 0.3) is 0 Å². The highest BCUT2D eigenvalue weighted by atomic mass is 35.5. The first-order valence-electron chi connectivity index (χ1n) is 7.80. The van der Waals surface area contributed by atoms with E-state index < -0.39 is 4.92 Å². The molecule has 1 aliphatic rings. The summed E-state index contributed by atoms with van der Waals surface area (Å²) in [4.78, 5) is 12.6. The van der Waals surface area contributed by atoms with Crippen LogP contribution >= 0.6 is 11.6 Å². The molecule has 0 aliphatic carbocycles. The Balaban J connectivity index is 1.73. The Morgan fingerprint density at radius 1 is 1.13 bits per heavy atom. The van der Waals surface area contributed by atoms with Gasteiger partial charge in [-0.2, -0.15) is 0 Å². The lowest BCUT2D eigenvalue weighted by Crippen LogP contribution is -2.35. The molecule has 0 bridgehead atoms. The number of nitro groups is 1. The van der Waals surface area contributed by atoms with Gasteiger partial charge in [0.2, 0.25) is 0 Å². The van der Waals surface area contributed by atoms with Crippen LogP contribution in [0.15, 0.2) is 30.3 Å². The van der Waals surface area contributed by atoms with Crippen LogP contribution < -0.4 is 4.90 Å². The molecule has 0 unspecified atom stereocenters. The van der Waals surface area contributed by atoms with E-state index in [0.717, 1.165) is 31.6 Å². The van der Waals surface area contributed by atoms with Crippen LogP contribution in [0, 0.1) is 24.0 Å². The molecule has 1 aliphatic heterocycles. The number of halogens is 1. The molecule has 0 amide bonds. The molecule has 0 radical (unpaired) electrons. The van der Waals surface area contributed by atoms with Crippen molar-refractivity contribution in [2.75, 3.05) is 18.0 Å². The van der Waals surface area contributed by atoms with E-state index >= 15 is 0 Å². The van der Waals surface area contributed by atoms with Crippen LogP contribution in [-0.2, 0) is 0 Å². The van der Waals surface area contributed by atoms with Crippen molar-refractivity contribution >= 4 is 23.0 Å². The normalized spacial score (nSPS) is 15.9. The quantitative estimate of drug-likeness (QED) is 0.613. The molecular weight excluding hydrogens is 314 g/mol. The summed E-state index contributed by atoms with van der Waals surface area (Å²) in [6.45, 7) is 6.09. The summed E-state index contributed by atoms with van der Waals surface area (Å²) in [7, 11) is 0. The molecular formula is C17H20ClN3O2. The molecule has 6 heteroatoms. The Labute approximate surface area is 140 Å². The van der Waals surface area contributed by atoms with Crippen LogP contribution in [0.2, 0.25) is 5.02 Å². The van der Waals surface area contributed by atoms with Gasteiger partial charge < -0.3 is 9.47 Å². The summed E-state index contributed by atoms with van der Waals surface area (Å²) < 4.78 is 2.41. The zero-order chi connectivity index (χ0) is 16.6. The van der Waals surface area contributed by atoms with Crippen molar-refractivity contribution in [2.45, 2.75) is 32.7 Å². The minimum Gasteiger partial charge on any atom is -0.370 e. The van der Waals surface area contributed by atoms with Crippen LogP contribution in [0.4, 0.5) is 11.4 Å². The highest BCUT2D eigenvalue weighted by molar-refractivity contribution is 6.33. The molecule has 1 aromatic carbocycles. The van der Waals surface area contributed by atoms with Crippen LogP contribution in [0.5, 0.6) is 0 Å².